The minimum absolute atomic E-state index is 0.0260. The lowest BCUT2D eigenvalue weighted by molar-refractivity contribution is 0.186. The molecule has 1 atom stereocenters. The van der Waals surface area contributed by atoms with E-state index in [1.807, 2.05) is 0 Å². The van der Waals surface area contributed by atoms with Crippen LogP contribution in [-0.2, 0) is 14.8 Å². The first-order chi connectivity index (χ1) is 9.40. The van der Waals surface area contributed by atoms with Crippen LogP contribution in [0.15, 0.2) is 23.1 Å². The highest BCUT2D eigenvalue weighted by Crippen LogP contribution is 2.23. The Morgan fingerprint density at radius 1 is 1.55 bits per heavy atom. The molecule has 1 saturated heterocycles. The van der Waals surface area contributed by atoms with Gasteiger partial charge >= 0.3 is 0 Å². The second kappa shape index (κ2) is 6.36. The van der Waals surface area contributed by atoms with Crippen LogP contribution in [0.2, 0.25) is 5.02 Å². The Morgan fingerprint density at radius 2 is 2.30 bits per heavy atom. The monoisotopic (exact) mass is 334 g/mol. The number of nitrogens with one attached hydrogen (secondary N) is 1. The van der Waals surface area contributed by atoms with Gasteiger partial charge in [-0.2, -0.15) is 0 Å². The molecule has 0 radical (unpaired) electrons. The van der Waals surface area contributed by atoms with Crippen LogP contribution in [0.4, 0.5) is 0 Å². The Bertz CT molecular complexity index is 613. The maximum absolute atomic E-state index is 12.2. The lowest BCUT2D eigenvalue weighted by atomic mass is 10.1. The van der Waals surface area contributed by atoms with Crippen molar-refractivity contribution in [3.63, 3.8) is 0 Å². The first-order valence-corrected chi connectivity index (χ1v) is 8.34. The van der Waals surface area contributed by atoms with E-state index in [0.29, 0.717) is 25.3 Å². The molecule has 1 aromatic rings. The third-order valence-electron chi connectivity index (χ3n) is 3.09. The Balaban J connectivity index is 2.14. The van der Waals surface area contributed by atoms with E-state index in [-0.39, 0.29) is 20.8 Å². The van der Waals surface area contributed by atoms with Crippen LogP contribution in [0, 0.1) is 5.92 Å². The summed E-state index contributed by atoms with van der Waals surface area (Å²) in [6.07, 6.45) is 0.858. The molecule has 1 heterocycles. The van der Waals surface area contributed by atoms with Crippen molar-refractivity contribution < 1.29 is 13.2 Å². The third-order valence-corrected chi connectivity index (χ3v) is 5.23. The average molecular weight is 335 g/mol. The highest BCUT2D eigenvalue weighted by Gasteiger charge is 2.22. The maximum Gasteiger partial charge on any atom is 0.242 e. The largest absolute Gasteiger partial charge is 0.389 e. The van der Waals surface area contributed by atoms with Gasteiger partial charge in [-0.05, 0) is 24.5 Å². The van der Waals surface area contributed by atoms with E-state index < -0.39 is 10.0 Å². The fourth-order valence-corrected chi connectivity index (χ4v) is 3.71. The van der Waals surface area contributed by atoms with Gasteiger partial charge in [-0.3, -0.25) is 0 Å². The second-order valence-corrected chi connectivity index (χ2v) is 7.17. The number of hydrogen-bond donors (Lipinski definition) is 2. The smallest absolute Gasteiger partial charge is 0.242 e. The number of halogens is 1. The summed E-state index contributed by atoms with van der Waals surface area (Å²) in [6, 6.07) is 4.41. The van der Waals surface area contributed by atoms with Crippen LogP contribution in [-0.4, -0.2) is 33.2 Å². The molecule has 5 nitrogen and oxygen atoms in total. The van der Waals surface area contributed by atoms with Crippen molar-refractivity contribution in [1.82, 2.24) is 4.72 Å². The minimum atomic E-state index is -3.64. The molecule has 1 aromatic carbocycles. The highest BCUT2D eigenvalue weighted by molar-refractivity contribution is 7.89. The predicted molar refractivity (Wildman–Crippen MR) is 81.5 cm³/mol. The summed E-state index contributed by atoms with van der Waals surface area (Å²) in [6.45, 7) is 1.60. The topological polar surface area (TPSA) is 81.4 Å². The second-order valence-electron chi connectivity index (χ2n) is 4.59. The number of rotatable bonds is 5. The molecule has 110 valence electrons. The summed E-state index contributed by atoms with van der Waals surface area (Å²) in [5, 5.41) is 0.102. The van der Waals surface area contributed by atoms with Gasteiger partial charge in [0.1, 0.15) is 9.88 Å². The summed E-state index contributed by atoms with van der Waals surface area (Å²) in [5.41, 5.74) is 6.01. The molecule has 8 heteroatoms. The van der Waals surface area contributed by atoms with Crippen molar-refractivity contribution in [3.05, 3.63) is 28.8 Å². The number of ether oxygens (including phenoxy) is 1. The molecule has 2 rings (SSSR count). The molecule has 0 saturated carbocycles. The van der Waals surface area contributed by atoms with Gasteiger partial charge in [-0.1, -0.05) is 29.9 Å². The van der Waals surface area contributed by atoms with Crippen LogP contribution in [0.3, 0.4) is 0 Å². The van der Waals surface area contributed by atoms with Crippen molar-refractivity contribution in [3.8, 4) is 0 Å². The predicted octanol–water partition coefficient (Wildman–Crippen LogP) is 1.29. The zero-order chi connectivity index (χ0) is 14.8. The third kappa shape index (κ3) is 3.67. The van der Waals surface area contributed by atoms with Crippen molar-refractivity contribution in [2.45, 2.75) is 11.3 Å². The number of nitrogens with two attached hydrogens (primary N) is 1. The van der Waals surface area contributed by atoms with Gasteiger partial charge in [0.05, 0.1) is 11.6 Å². The Hall–Kier alpha value is -0.730. The van der Waals surface area contributed by atoms with Gasteiger partial charge in [0, 0.05) is 18.7 Å². The fraction of sp³-hybridized carbons (Fsp3) is 0.417. The first kappa shape index (κ1) is 15.7. The van der Waals surface area contributed by atoms with E-state index in [4.69, 9.17) is 34.3 Å². The van der Waals surface area contributed by atoms with E-state index in [1.165, 1.54) is 12.1 Å². The van der Waals surface area contributed by atoms with Gasteiger partial charge in [0.2, 0.25) is 10.0 Å². The van der Waals surface area contributed by atoms with Gasteiger partial charge in [0.15, 0.2) is 0 Å². The van der Waals surface area contributed by atoms with Crippen molar-refractivity contribution in [1.29, 1.82) is 0 Å². The summed E-state index contributed by atoms with van der Waals surface area (Å²) < 4.78 is 32.1. The summed E-state index contributed by atoms with van der Waals surface area (Å²) in [4.78, 5) is 0.199. The van der Waals surface area contributed by atoms with Gasteiger partial charge < -0.3 is 10.5 Å². The Morgan fingerprint density at radius 3 is 2.85 bits per heavy atom. The molecule has 0 bridgehead atoms. The SMILES string of the molecule is NC(=S)c1ccc(S(=O)(=O)NCC2CCOC2)c(Cl)c1. The number of benzene rings is 1. The zero-order valence-corrected chi connectivity index (χ0v) is 13.0. The van der Waals surface area contributed by atoms with Crippen LogP contribution in [0.1, 0.15) is 12.0 Å². The molecule has 0 amide bonds. The molecule has 0 aromatic heterocycles. The lowest BCUT2D eigenvalue weighted by Crippen LogP contribution is -2.30. The molecular formula is C12H15ClN2O3S2. The molecule has 1 fully saturated rings. The number of thiocarbonyl (C=S) groups is 1. The Labute approximate surface area is 128 Å². The van der Waals surface area contributed by atoms with Crippen LogP contribution >= 0.6 is 23.8 Å². The van der Waals surface area contributed by atoms with Crippen molar-refractivity contribution in [2.24, 2.45) is 11.7 Å². The minimum Gasteiger partial charge on any atom is -0.389 e. The number of hydrogen-bond acceptors (Lipinski definition) is 4. The average Bonchev–Trinajstić information content (AvgIpc) is 2.89. The quantitative estimate of drug-likeness (QED) is 0.793. The normalized spacial score (nSPS) is 19.1. The molecule has 0 aliphatic carbocycles. The molecule has 20 heavy (non-hydrogen) atoms. The van der Waals surface area contributed by atoms with E-state index in [1.54, 1.807) is 6.07 Å². The number of sulfonamides is 1. The molecule has 3 N–H and O–H groups in total. The standard InChI is InChI=1S/C12H15ClN2O3S2/c13-10-5-9(12(14)19)1-2-11(10)20(16,17)15-6-8-3-4-18-7-8/h1-2,5,8,15H,3-4,6-7H2,(H2,14,19). The molecule has 1 aliphatic rings. The lowest BCUT2D eigenvalue weighted by Gasteiger charge is -2.12. The van der Waals surface area contributed by atoms with Gasteiger partial charge in [-0.15, -0.1) is 0 Å². The highest BCUT2D eigenvalue weighted by atomic mass is 35.5. The summed E-state index contributed by atoms with van der Waals surface area (Å²) in [7, 11) is -3.64. The maximum atomic E-state index is 12.2. The fourth-order valence-electron chi connectivity index (χ4n) is 1.92. The van der Waals surface area contributed by atoms with Crippen molar-refractivity contribution >= 4 is 38.8 Å². The Kier molecular flexibility index (Phi) is 4.98. The van der Waals surface area contributed by atoms with E-state index in [0.717, 1.165) is 6.42 Å². The van der Waals surface area contributed by atoms with Crippen molar-refractivity contribution in [2.75, 3.05) is 19.8 Å². The molecule has 1 aliphatic heterocycles. The van der Waals surface area contributed by atoms with E-state index in [9.17, 15) is 8.42 Å². The van der Waals surface area contributed by atoms with Crippen LogP contribution < -0.4 is 10.5 Å². The van der Waals surface area contributed by atoms with Gasteiger partial charge in [0.25, 0.3) is 0 Å². The van der Waals surface area contributed by atoms with Crippen LogP contribution in [0.25, 0.3) is 0 Å². The van der Waals surface area contributed by atoms with E-state index in [2.05, 4.69) is 4.72 Å². The van der Waals surface area contributed by atoms with E-state index >= 15 is 0 Å². The summed E-state index contributed by atoms with van der Waals surface area (Å²) in [5.74, 6) is 0.208. The molecule has 1 unspecified atom stereocenters. The zero-order valence-electron chi connectivity index (χ0n) is 10.6. The molecular weight excluding hydrogens is 320 g/mol. The first-order valence-electron chi connectivity index (χ1n) is 6.07. The van der Waals surface area contributed by atoms with Crippen LogP contribution in [0.5, 0.6) is 0 Å². The van der Waals surface area contributed by atoms with Gasteiger partial charge in [-0.25, -0.2) is 13.1 Å². The summed E-state index contributed by atoms with van der Waals surface area (Å²) >= 11 is 10.8. The molecule has 0 spiro atoms.